The molecule has 0 aliphatic rings. The molecule has 0 bridgehead atoms. The van der Waals surface area contributed by atoms with Gasteiger partial charge < -0.3 is 10.2 Å². The van der Waals surface area contributed by atoms with Gasteiger partial charge in [-0.1, -0.05) is 18.2 Å². The molecule has 1 rings (SSSR count). The van der Waals surface area contributed by atoms with Crippen LogP contribution in [0.5, 0.6) is 5.75 Å². The van der Waals surface area contributed by atoms with Crippen LogP contribution in [0.2, 0.25) is 0 Å². The van der Waals surface area contributed by atoms with Gasteiger partial charge in [-0.3, -0.25) is 4.79 Å². The lowest BCUT2D eigenvalue weighted by Crippen LogP contribution is -1.91. The maximum absolute atomic E-state index is 9.00. The second-order valence-electron chi connectivity index (χ2n) is 1.79. The molecular weight excluding hydrogens is 160 g/mol. The van der Waals surface area contributed by atoms with E-state index < -0.39 is 5.97 Å². The minimum absolute atomic E-state index is 0.167. The van der Waals surface area contributed by atoms with Crippen molar-refractivity contribution in [3.63, 3.8) is 0 Å². The number of para-hydroxylation sites is 1. The average molecular weight is 168 g/mol. The van der Waals surface area contributed by atoms with Crippen molar-refractivity contribution in [3.05, 3.63) is 30.3 Å². The standard InChI is InChI=1S/C6H6O.C2H2O3/c7-6-4-2-1-3-5-6;3-1-2(4)5/h1-5,7H;1H,(H,4,5). The molecule has 0 heterocycles. The first-order chi connectivity index (χ1) is 5.66. The number of carboxylic acids is 1. The molecule has 2 N–H and O–H groups in total. The van der Waals surface area contributed by atoms with E-state index in [0.717, 1.165) is 0 Å². The van der Waals surface area contributed by atoms with Crippen LogP contribution in [-0.4, -0.2) is 22.5 Å². The fraction of sp³-hybridized carbons (Fsp3) is 0. The molecule has 0 spiro atoms. The molecule has 0 atom stereocenters. The Hall–Kier alpha value is -1.84. The minimum Gasteiger partial charge on any atom is -0.508 e. The predicted octanol–water partition coefficient (Wildman–Crippen LogP) is 0.662. The molecule has 0 fully saturated rings. The molecule has 0 aliphatic carbocycles. The van der Waals surface area contributed by atoms with Crippen molar-refractivity contribution in [1.29, 1.82) is 0 Å². The highest BCUT2D eigenvalue weighted by atomic mass is 16.4. The van der Waals surface area contributed by atoms with E-state index >= 15 is 0 Å². The number of hydrogen-bond donors (Lipinski definition) is 2. The molecule has 0 saturated heterocycles. The lowest BCUT2D eigenvalue weighted by atomic mass is 10.3. The molecule has 0 saturated carbocycles. The van der Waals surface area contributed by atoms with Crippen molar-refractivity contribution in [2.24, 2.45) is 0 Å². The van der Waals surface area contributed by atoms with Gasteiger partial charge in [0.25, 0.3) is 0 Å². The van der Waals surface area contributed by atoms with E-state index in [1.807, 2.05) is 6.07 Å². The number of aldehydes is 1. The summed E-state index contributed by atoms with van der Waals surface area (Å²) in [6, 6.07) is 8.71. The van der Waals surface area contributed by atoms with Crippen LogP contribution < -0.4 is 0 Å². The molecular formula is C8H8O4. The lowest BCUT2D eigenvalue weighted by Gasteiger charge is -1.82. The second-order valence-corrected chi connectivity index (χ2v) is 1.79. The van der Waals surface area contributed by atoms with Crippen LogP contribution in [0, 0.1) is 0 Å². The third-order valence-electron chi connectivity index (χ3n) is 0.857. The van der Waals surface area contributed by atoms with Crippen LogP contribution in [0.15, 0.2) is 30.3 Å². The third kappa shape index (κ3) is 6.28. The minimum atomic E-state index is -1.43. The number of aromatic hydroxyl groups is 1. The Morgan fingerprint density at radius 1 is 1.25 bits per heavy atom. The van der Waals surface area contributed by atoms with Crippen LogP contribution in [0.1, 0.15) is 0 Å². The topological polar surface area (TPSA) is 74.6 Å². The van der Waals surface area contributed by atoms with Gasteiger partial charge in [-0.25, -0.2) is 4.79 Å². The molecule has 12 heavy (non-hydrogen) atoms. The van der Waals surface area contributed by atoms with Crippen LogP contribution in [0.3, 0.4) is 0 Å². The van der Waals surface area contributed by atoms with E-state index in [9.17, 15) is 0 Å². The molecule has 0 amide bonds. The Labute approximate surface area is 69.1 Å². The molecule has 1 aromatic rings. The zero-order chi connectivity index (χ0) is 9.40. The highest BCUT2D eigenvalue weighted by molar-refractivity contribution is 6.19. The SMILES string of the molecule is O=CC(=O)O.Oc1ccccc1. The number of phenolic OH excluding ortho intramolecular Hbond substituents is 1. The van der Waals surface area contributed by atoms with Crippen LogP contribution >= 0.6 is 0 Å². The predicted molar refractivity (Wildman–Crippen MR) is 41.8 cm³/mol. The zero-order valence-electron chi connectivity index (χ0n) is 6.18. The number of phenols is 1. The molecule has 0 aromatic heterocycles. The van der Waals surface area contributed by atoms with Crippen molar-refractivity contribution in [2.75, 3.05) is 0 Å². The summed E-state index contributed by atoms with van der Waals surface area (Å²) in [6.45, 7) is 0. The average Bonchev–Trinajstić information content (AvgIpc) is 2.07. The number of benzene rings is 1. The van der Waals surface area contributed by atoms with Crippen LogP contribution in [0.4, 0.5) is 0 Å². The Bertz CT molecular complexity index is 242. The highest BCUT2D eigenvalue weighted by Crippen LogP contribution is 2.02. The Balaban J connectivity index is 0.000000217. The van der Waals surface area contributed by atoms with Gasteiger partial charge >= 0.3 is 5.97 Å². The number of aliphatic carboxylic acids is 1. The fourth-order valence-corrected chi connectivity index (χ4v) is 0.428. The van der Waals surface area contributed by atoms with Crippen molar-refractivity contribution < 1.29 is 19.8 Å². The summed E-state index contributed by atoms with van der Waals surface area (Å²) >= 11 is 0. The van der Waals surface area contributed by atoms with E-state index in [2.05, 4.69) is 0 Å². The molecule has 0 aliphatic heterocycles. The third-order valence-corrected chi connectivity index (χ3v) is 0.857. The normalized spacial score (nSPS) is 7.67. The number of carbonyl (C=O) groups is 2. The number of carboxylic acid groups (broad SMARTS) is 1. The quantitative estimate of drug-likeness (QED) is 0.477. The molecule has 0 unspecified atom stereocenters. The first-order valence-corrected chi connectivity index (χ1v) is 3.09. The molecule has 4 heteroatoms. The Morgan fingerprint density at radius 2 is 1.67 bits per heavy atom. The van der Waals surface area contributed by atoms with E-state index in [-0.39, 0.29) is 6.29 Å². The van der Waals surface area contributed by atoms with E-state index in [1.54, 1.807) is 24.3 Å². The maximum atomic E-state index is 9.00. The molecule has 0 radical (unpaired) electrons. The van der Waals surface area contributed by atoms with E-state index in [1.165, 1.54) is 0 Å². The van der Waals surface area contributed by atoms with Crippen molar-refractivity contribution >= 4 is 12.3 Å². The highest BCUT2D eigenvalue weighted by Gasteiger charge is 1.80. The van der Waals surface area contributed by atoms with Gasteiger partial charge in [0.15, 0.2) is 0 Å². The lowest BCUT2D eigenvalue weighted by molar-refractivity contribution is -0.143. The summed E-state index contributed by atoms with van der Waals surface area (Å²) in [5, 5.41) is 16.0. The monoisotopic (exact) mass is 168 g/mol. The Kier molecular flexibility index (Phi) is 5.00. The van der Waals surface area contributed by atoms with Crippen LogP contribution in [-0.2, 0) is 9.59 Å². The van der Waals surface area contributed by atoms with Crippen molar-refractivity contribution in [1.82, 2.24) is 0 Å². The maximum Gasteiger partial charge on any atom is 0.368 e. The molecule has 1 aromatic carbocycles. The van der Waals surface area contributed by atoms with Gasteiger partial charge in [0.1, 0.15) is 5.75 Å². The number of rotatable bonds is 1. The molecule has 64 valence electrons. The van der Waals surface area contributed by atoms with E-state index in [4.69, 9.17) is 19.8 Å². The van der Waals surface area contributed by atoms with Crippen molar-refractivity contribution in [3.8, 4) is 5.75 Å². The summed E-state index contributed by atoms with van der Waals surface area (Å²) in [5.74, 6) is -1.10. The number of hydrogen-bond acceptors (Lipinski definition) is 3. The van der Waals surface area contributed by atoms with Crippen LogP contribution in [0.25, 0.3) is 0 Å². The van der Waals surface area contributed by atoms with Gasteiger partial charge in [0, 0.05) is 0 Å². The smallest absolute Gasteiger partial charge is 0.368 e. The summed E-state index contributed by atoms with van der Waals surface area (Å²) in [4.78, 5) is 17.9. The van der Waals surface area contributed by atoms with Crippen molar-refractivity contribution in [2.45, 2.75) is 0 Å². The fourth-order valence-electron chi connectivity index (χ4n) is 0.428. The van der Waals surface area contributed by atoms with Gasteiger partial charge in [0.05, 0.1) is 0 Å². The summed E-state index contributed by atoms with van der Waals surface area (Å²) in [5.41, 5.74) is 0. The second kappa shape index (κ2) is 5.91. The molecule has 4 nitrogen and oxygen atoms in total. The zero-order valence-corrected chi connectivity index (χ0v) is 6.18. The summed E-state index contributed by atoms with van der Waals surface area (Å²) in [6.07, 6.45) is -0.167. The Morgan fingerprint density at radius 3 is 1.83 bits per heavy atom. The first-order valence-electron chi connectivity index (χ1n) is 3.09. The van der Waals surface area contributed by atoms with Gasteiger partial charge in [0.2, 0.25) is 6.29 Å². The summed E-state index contributed by atoms with van der Waals surface area (Å²) in [7, 11) is 0. The largest absolute Gasteiger partial charge is 0.508 e. The van der Waals surface area contributed by atoms with E-state index in [0.29, 0.717) is 5.75 Å². The first kappa shape index (κ1) is 10.2. The summed E-state index contributed by atoms with van der Waals surface area (Å²) < 4.78 is 0. The number of carbonyl (C=O) groups excluding carboxylic acids is 1. The van der Waals surface area contributed by atoms with Gasteiger partial charge in [-0.2, -0.15) is 0 Å². The van der Waals surface area contributed by atoms with Gasteiger partial charge in [-0.15, -0.1) is 0 Å². The van der Waals surface area contributed by atoms with Gasteiger partial charge in [-0.05, 0) is 12.1 Å².